The first-order valence-corrected chi connectivity index (χ1v) is 8.34. The van der Waals surface area contributed by atoms with E-state index in [-0.39, 0.29) is 0 Å². The molecule has 0 saturated carbocycles. The van der Waals surface area contributed by atoms with Crippen molar-refractivity contribution in [2.75, 3.05) is 32.7 Å². The summed E-state index contributed by atoms with van der Waals surface area (Å²) in [7, 11) is 1.93. The number of aromatic nitrogens is 4. The van der Waals surface area contributed by atoms with Crippen LogP contribution < -0.4 is 0 Å². The maximum absolute atomic E-state index is 12.8. The Balaban J connectivity index is 1.38. The van der Waals surface area contributed by atoms with Gasteiger partial charge in [-0.1, -0.05) is 0 Å². The Labute approximate surface area is 140 Å². The highest BCUT2D eigenvalue weighted by atomic mass is 19.3. The summed E-state index contributed by atoms with van der Waals surface area (Å²) in [6, 6.07) is 0. The van der Waals surface area contributed by atoms with Crippen LogP contribution in [0.15, 0.2) is 24.8 Å². The fourth-order valence-electron chi connectivity index (χ4n) is 3.12. The third-order valence-electron chi connectivity index (χ3n) is 4.49. The summed E-state index contributed by atoms with van der Waals surface area (Å²) in [6.07, 6.45) is 8.92. The number of halogens is 2. The molecular formula is C16H24F2N6. The number of hydrogen-bond donors (Lipinski definition) is 0. The maximum Gasteiger partial charge on any atom is 0.319 e. The van der Waals surface area contributed by atoms with E-state index in [2.05, 4.69) is 26.1 Å². The lowest BCUT2D eigenvalue weighted by molar-refractivity contribution is 0.0606. The van der Waals surface area contributed by atoms with Crippen LogP contribution in [-0.2, 0) is 20.0 Å². The van der Waals surface area contributed by atoms with Crippen LogP contribution in [0.2, 0.25) is 0 Å². The smallest absolute Gasteiger partial charge is 0.301 e. The zero-order valence-corrected chi connectivity index (χ0v) is 14.0. The highest BCUT2D eigenvalue weighted by Crippen LogP contribution is 2.15. The summed E-state index contributed by atoms with van der Waals surface area (Å²) in [5.74, 6) is 0.440. The van der Waals surface area contributed by atoms with Crippen molar-refractivity contribution in [1.29, 1.82) is 0 Å². The SMILES string of the molecule is Cn1cc(CCCN2CCN(Cc3nccn3C(F)F)CC2)cn1. The van der Waals surface area contributed by atoms with Crippen molar-refractivity contribution in [2.45, 2.75) is 25.9 Å². The van der Waals surface area contributed by atoms with E-state index in [1.54, 1.807) is 0 Å². The first-order valence-electron chi connectivity index (χ1n) is 8.34. The average Bonchev–Trinajstić information content (AvgIpc) is 3.18. The van der Waals surface area contributed by atoms with E-state index >= 15 is 0 Å². The largest absolute Gasteiger partial charge is 0.319 e. The fourth-order valence-corrected chi connectivity index (χ4v) is 3.12. The Morgan fingerprint density at radius 1 is 1.17 bits per heavy atom. The van der Waals surface area contributed by atoms with E-state index in [0.717, 1.165) is 50.1 Å². The summed E-state index contributed by atoms with van der Waals surface area (Å²) in [5.41, 5.74) is 1.27. The number of piperazine rings is 1. The summed E-state index contributed by atoms with van der Waals surface area (Å²) >= 11 is 0. The lowest BCUT2D eigenvalue weighted by Gasteiger charge is -2.34. The van der Waals surface area contributed by atoms with Crippen molar-refractivity contribution in [3.05, 3.63) is 36.2 Å². The lowest BCUT2D eigenvalue weighted by atomic mass is 10.2. The predicted octanol–water partition coefficient (Wildman–Crippen LogP) is 1.76. The molecule has 0 N–H and O–H groups in total. The highest BCUT2D eigenvalue weighted by Gasteiger charge is 2.19. The Morgan fingerprint density at radius 3 is 2.58 bits per heavy atom. The Hall–Kier alpha value is -1.80. The normalized spacial score (nSPS) is 17.0. The van der Waals surface area contributed by atoms with Crippen LogP contribution in [0.1, 0.15) is 24.4 Å². The molecule has 0 spiro atoms. The second-order valence-corrected chi connectivity index (χ2v) is 6.27. The molecule has 0 amide bonds. The molecule has 3 heterocycles. The quantitative estimate of drug-likeness (QED) is 0.772. The minimum atomic E-state index is -2.52. The number of alkyl halides is 2. The maximum atomic E-state index is 12.8. The van der Waals surface area contributed by atoms with Crippen LogP contribution in [0.25, 0.3) is 0 Å². The molecule has 0 atom stereocenters. The highest BCUT2D eigenvalue weighted by molar-refractivity contribution is 5.03. The van der Waals surface area contributed by atoms with Gasteiger partial charge >= 0.3 is 6.55 Å². The molecule has 132 valence electrons. The van der Waals surface area contributed by atoms with Gasteiger partial charge in [-0.3, -0.25) is 14.1 Å². The molecule has 0 aromatic carbocycles. The first kappa shape index (κ1) is 17.0. The number of imidazole rings is 1. The minimum absolute atomic E-state index is 0.440. The monoisotopic (exact) mass is 338 g/mol. The van der Waals surface area contributed by atoms with Crippen LogP contribution >= 0.6 is 0 Å². The van der Waals surface area contributed by atoms with Crippen LogP contribution in [0.5, 0.6) is 0 Å². The molecular weight excluding hydrogens is 314 g/mol. The summed E-state index contributed by atoms with van der Waals surface area (Å²) in [5, 5.41) is 4.18. The second-order valence-electron chi connectivity index (χ2n) is 6.27. The van der Waals surface area contributed by atoms with Gasteiger partial charge in [0.1, 0.15) is 5.82 Å². The Kier molecular flexibility index (Phi) is 5.57. The lowest BCUT2D eigenvalue weighted by Crippen LogP contribution is -2.46. The molecule has 6 nitrogen and oxygen atoms in total. The predicted molar refractivity (Wildman–Crippen MR) is 86.7 cm³/mol. The molecule has 0 aliphatic carbocycles. The number of hydrogen-bond acceptors (Lipinski definition) is 4. The van der Waals surface area contributed by atoms with E-state index in [0.29, 0.717) is 12.4 Å². The van der Waals surface area contributed by atoms with E-state index in [4.69, 9.17) is 0 Å². The van der Waals surface area contributed by atoms with Gasteiger partial charge < -0.3 is 4.90 Å². The van der Waals surface area contributed by atoms with Crippen molar-refractivity contribution < 1.29 is 8.78 Å². The average molecular weight is 338 g/mol. The Bertz CT molecular complexity index is 630. The molecule has 1 saturated heterocycles. The van der Waals surface area contributed by atoms with Crippen LogP contribution in [-0.4, -0.2) is 61.9 Å². The van der Waals surface area contributed by atoms with Gasteiger partial charge in [-0.25, -0.2) is 4.98 Å². The van der Waals surface area contributed by atoms with Gasteiger partial charge in [-0.05, 0) is 24.9 Å². The zero-order chi connectivity index (χ0) is 16.9. The molecule has 0 bridgehead atoms. The molecule has 2 aromatic rings. The van der Waals surface area contributed by atoms with E-state index in [9.17, 15) is 8.78 Å². The van der Waals surface area contributed by atoms with E-state index in [1.807, 2.05) is 17.9 Å². The van der Waals surface area contributed by atoms with E-state index in [1.165, 1.54) is 18.0 Å². The molecule has 1 fully saturated rings. The van der Waals surface area contributed by atoms with Gasteiger partial charge in [-0.2, -0.15) is 13.9 Å². The second kappa shape index (κ2) is 7.85. The molecule has 2 aromatic heterocycles. The summed E-state index contributed by atoms with van der Waals surface area (Å²) in [4.78, 5) is 8.69. The van der Waals surface area contributed by atoms with Gasteiger partial charge in [0.2, 0.25) is 0 Å². The van der Waals surface area contributed by atoms with Crippen molar-refractivity contribution >= 4 is 0 Å². The van der Waals surface area contributed by atoms with Gasteiger partial charge in [0.25, 0.3) is 0 Å². The van der Waals surface area contributed by atoms with Crippen LogP contribution in [0, 0.1) is 0 Å². The van der Waals surface area contributed by atoms with Gasteiger partial charge in [0.05, 0.1) is 12.7 Å². The van der Waals surface area contributed by atoms with Gasteiger partial charge in [0.15, 0.2) is 0 Å². The summed E-state index contributed by atoms with van der Waals surface area (Å²) < 4.78 is 28.5. The molecule has 1 aliphatic heterocycles. The van der Waals surface area contributed by atoms with Crippen molar-refractivity contribution in [2.24, 2.45) is 7.05 Å². The topological polar surface area (TPSA) is 42.1 Å². The molecule has 0 unspecified atom stereocenters. The molecule has 3 rings (SSSR count). The minimum Gasteiger partial charge on any atom is -0.301 e. The standard InChI is InChI=1S/C16H24F2N6/c1-21-12-14(11-20-21)3-2-5-22-7-9-23(10-8-22)13-15-19-4-6-24(15)16(17)18/h4,6,11-12,16H,2-3,5,7-10,13H2,1H3. The third kappa shape index (κ3) is 4.39. The number of nitrogens with zero attached hydrogens (tertiary/aromatic N) is 6. The third-order valence-corrected chi connectivity index (χ3v) is 4.49. The fraction of sp³-hybridized carbons (Fsp3) is 0.625. The van der Waals surface area contributed by atoms with Gasteiger partial charge in [0, 0.05) is 51.8 Å². The zero-order valence-electron chi connectivity index (χ0n) is 14.0. The van der Waals surface area contributed by atoms with Gasteiger partial charge in [-0.15, -0.1) is 0 Å². The Morgan fingerprint density at radius 2 is 1.92 bits per heavy atom. The van der Waals surface area contributed by atoms with Crippen molar-refractivity contribution in [3.8, 4) is 0 Å². The van der Waals surface area contributed by atoms with Crippen LogP contribution in [0.3, 0.4) is 0 Å². The molecule has 24 heavy (non-hydrogen) atoms. The van der Waals surface area contributed by atoms with E-state index < -0.39 is 6.55 Å². The first-order chi connectivity index (χ1) is 11.6. The molecule has 1 aliphatic rings. The summed E-state index contributed by atoms with van der Waals surface area (Å²) in [6.45, 7) is 2.77. The molecule has 0 radical (unpaired) electrons. The van der Waals surface area contributed by atoms with Crippen molar-refractivity contribution in [3.63, 3.8) is 0 Å². The molecule has 8 heteroatoms. The number of rotatable bonds is 7. The van der Waals surface area contributed by atoms with Crippen LogP contribution in [0.4, 0.5) is 8.78 Å². The number of aryl methyl sites for hydroxylation is 2. The van der Waals surface area contributed by atoms with Crippen molar-refractivity contribution in [1.82, 2.24) is 29.1 Å².